The van der Waals surface area contributed by atoms with Crippen molar-refractivity contribution in [3.63, 3.8) is 0 Å². The number of hydrogen-bond donors (Lipinski definition) is 1. The largest absolute Gasteiger partial charge is 0.322 e. The summed E-state index contributed by atoms with van der Waals surface area (Å²) in [6.45, 7) is 0.299. The summed E-state index contributed by atoms with van der Waals surface area (Å²) in [5.74, 6) is 0.324. The number of nitrogens with one attached hydrogen (secondary N) is 1. The molecule has 2 amide bonds. The zero-order chi connectivity index (χ0) is 16.4. The number of carbonyl (C=O) groups is 1. The number of rotatable bonds is 3. The van der Waals surface area contributed by atoms with E-state index in [0.717, 1.165) is 4.90 Å². The van der Waals surface area contributed by atoms with Gasteiger partial charge < -0.3 is 10.2 Å². The van der Waals surface area contributed by atoms with Gasteiger partial charge in [-0.25, -0.2) is 23.2 Å². The van der Waals surface area contributed by atoms with Gasteiger partial charge in [-0.15, -0.1) is 0 Å². The Labute approximate surface area is 130 Å². The number of likely N-dealkylation sites (tertiary alicyclic amines) is 1. The smallest absolute Gasteiger partial charge is 0.316 e. The lowest BCUT2D eigenvalue weighted by atomic mass is 10.1. The number of urea groups is 1. The summed E-state index contributed by atoms with van der Waals surface area (Å²) in [6.07, 6.45) is 2.10. The van der Waals surface area contributed by atoms with Crippen molar-refractivity contribution >= 4 is 11.7 Å². The van der Waals surface area contributed by atoms with E-state index in [1.807, 2.05) is 6.07 Å². The van der Waals surface area contributed by atoms with E-state index in [9.17, 15) is 13.6 Å². The number of aromatic nitrogens is 3. The summed E-state index contributed by atoms with van der Waals surface area (Å²) in [6, 6.07) is 3.59. The van der Waals surface area contributed by atoms with Gasteiger partial charge in [-0.2, -0.15) is 10.4 Å². The zero-order valence-corrected chi connectivity index (χ0v) is 11.9. The third kappa shape index (κ3) is 2.83. The molecule has 1 saturated heterocycles. The molecule has 9 heteroatoms. The maximum Gasteiger partial charge on any atom is 0.322 e. The number of pyridine rings is 1. The molecule has 7 nitrogen and oxygen atoms in total. The Kier molecular flexibility index (Phi) is 3.89. The van der Waals surface area contributed by atoms with Crippen LogP contribution in [0.3, 0.4) is 0 Å². The van der Waals surface area contributed by atoms with Crippen LogP contribution in [0.15, 0.2) is 30.7 Å². The van der Waals surface area contributed by atoms with E-state index >= 15 is 0 Å². The van der Waals surface area contributed by atoms with Gasteiger partial charge in [-0.1, -0.05) is 0 Å². The van der Waals surface area contributed by atoms with Crippen LogP contribution in [-0.2, 0) is 0 Å². The molecule has 23 heavy (non-hydrogen) atoms. The SMILES string of the molecule is N#Cc1cccnc1-n1cc(NC(=O)N2CCC2C(F)F)cn1. The van der Waals surface area contributed by atoms with Crippen LogP contribution in [0.25, 0.3) is 5.82 Å². The molecule has 0 radical (unpaired) electrons. The molecule has 1 atom stereocenters. The predicted octanol–water partition coefficient (Wildman–Crippen LogP) is 2.01. The monoisotopic (exact) mass is 318 g/mol. The molecule has 3 rings (SSSR count). The fourth-order valence-electron chi connectivity index (χ4n) is 2.29. The van der Waals surface area contributed by atoms with Gasteiger partial charge in [0.1, 0.15) is 6.07 Å². The molecule has 1 N–H and O–H groups in total. The van der Waals surface area contributed by atoms with E-state index in [2.05, 4.69) is 15.4 Å². The van der Waals surface area contributed by atoms with Gasteiger partial charge in [0.25, 0.3) is 6.43 Å². The molecule has 1 unspecified atom stereocenters. The van der Waals surface area contributed by atoms with E-state index in [4.69, 9.17) is 5.26 Å². The van der Waals surface area contributed by atoms with Gasteiger partial charge in [0, 0.05) is 12.7 Å². The van der Waals surface area contributed by atoms with Gasteiger partial charge in [-0.05, 0) is 18.6 Å². The highest BCUT2D eigenvalue weighted by atomic mass is 19.3. The Hall–Kier alpha value is -3.02. The zero-order valence-electron chi connectivity index (χ0n) is 11.9. The summed E-state index contributed by atoms with van der Waals surface area (Å²) in [7, 11) is 0. The summed E-state index contributed by atoms with van der Waals surface area (Å²) < 4.78 is 26.7. The van der Waals surface area contributed by atoms with E-state index in [1.165, 1.54) is 23.3 Å². The summed E-state index contributed by atoms with van der Waals surface area (Å²) in [4.78, 5) is 17.1. The van der Waals surface area contributed by atoms with Crippen LogP contribution in [0.5, 0.6) is 0 Å². The molecular formula is C14H12F2N6O. The first-order chi connectivity index (χ1) is 11.1. The van der Waals surface area contributed by atoms with Crippen molar-refractivity contribution in [3.05, 3.63) is 36.3 Å². The highest BCUT2D eigenvalue weighted by molar-refractivity contribution is 5.89. The van der Waals surface area contributed by atoms with Crippen molar-refractivity contribution in [2.45, 2.75) is 18.9 Å². The van der Waals surface area contributed by atoms with E-state index in [1.54, 1.807) is 12.1 Å². The first kappa shape index (κ1) is 14.9. The number of nitriles is 1. The van der Waals surface area contributed by atoms with Crippen LogP contribution in [0, 0.1) is 11.3 Å². The third-order valence-electron chi connectivity index (χ3n) is 3.58. The molecule has 1 aliphatic heterocycles. The van der Waals surface area contributed by atoms with Crippen molar-refractivity contribution in [1.82, 2.24) is 19.7 Å². The van der Waals surface area contributed by atoms with Crippen LogP contribution < -0.4 is 5.32 Å². The van der Waals surface area contributed by atoms with Crippen molar-refractivity contribution in [2.24, 2.45) is 0 Å². The highest BCUT2D eigenvalue weighted by Crippen LogP contribution is 2.24. The average molecular weight is 318 g/mol. The lowest BCUT2D eigenvalue weighted by Gasteiger charge is -2.39. The fourth-order valence-corrected chi connectivity index (χ4v) is 2.29. The Morgan fingerprint density at radius 1 is 1.52 bits per heavy atom. The second kappa shape index (κ2) is 6.00. The summed E-state index contributed by atoms with van der Waals surface area (Å²) >= 11 is 0. The third-order valence-corrected chi connectivity index (χ3v) is 3.58. The van der Waals surface area contributed by atoms with E-state index in [-0.39, 0.29) is 0 Å². The maximum atomic E-state index is 12.7. The average Bonchev–Trinajstić information content (AvgIpc) is 2.93. The van der Waals surface area contributed by atoms with Crippen molar-refractivity contribution in [3.8, 4) is 11.9 Å². The Morgan fingerprint density at radius 2 is 2.35 bits per heavy atom. The van der Waals surface area contributed by atoms with Gasteiger partial charge in [0.2, 0.25) is 0 Å². The van der Waals surface area contributed by atoms with Gasteiger partial charge in [0.15, 0.2) is 5.82 Å². The van der Waals surface area contributed by atoms with Gasteiger partial charge in [0.05, 0.1) is 29.7 Å². The molecule has 0 aromatic carbocycles. The molecule has 1 fully saturated rings. The molecule has 0 spiro atoms. The number of carbonyl (C=O) groups excluding carboxylic acids is 1. The van der Waals surface area contributed by atoms with E-state index in [0.29, 0.717) is 30.0 Å². The minimum atomic E-state index is -2.55. The lowest BCUT2D eigenvalue weighted by Crippen LogP contribution is -2.56. The molecule has 0 aliphatic carbocycles. The number of amides is 2. The number of halogens is 2. The van der Waals surface area contributed by atoms with Crippen LogP contribution >= 0.6 is 0 Å². The number of anilines is 1. The number of alkyl halides is 2. The molecule has 118 valence electrons. The van der Waals surface area contributed by atoms with E-state index < -0.39 is 18.5 Å². The Bertz CT molecular complexity index is 769. The molecule has 0 bridgehead atoms. The standard InChI is InChI=1S/C14H12F2N6O/c15-12(16)11-3-5-21(11)14(23)20-10-7-19-22(8-10)13-9(6-17)2-1-4-18-13/h1-2,4,7-8,11-12H,3,5H2,(H,20,23). The molecule has 2 aromatic heterocycles. The second-order valence-electron chi connectivity index (χ2n) is 4.97. The predicted molar refractivity (Wildman–Crippen MR) is 76.2 cm³/mol. The maximum absolute atomic E-state index is 12.7. The minimum absolute atomic E-state index is 0.295. The molecular weight excluding hydrogens is 306 g/mol. The van der Waals surface area contributed by atoms with Crippen molar-refractivity contribution in [1.29, 1.82) is 5.26 Å². The second-order valence-corrected chi connectivity index (χ2v) is 4.97. The molecule has 2 aromatic rings. The molecule has 3 heterocycles. The highest BCUT2D eigenvalue weighted by Gasteiger charge is 2.38. The van der Waals surface area contributed by atoms with Crippen molar-refractivity contribution < 1.29 is 13.6 Å². The van der Waals surface area contributed by atoms with Crippen LogP contribution in [-0.4, -0.2) is 44.7 Å². The number of nitrogens with zero attached hydrogens (tertiary/aromatic N) is 5. The van der Waals surface area contributed by atoms with Crippen LogP contribution in [0.1, 0.15) is 12.0 Å². The minimum Gasteiger partial charge on any atom is -0.316 e. The molecule has 1 aliphatic rings. The lowest BCUT2D eigenvalue weighted by molar-refractivity contribution is -0.00568. The molecule has 0 saturated carbocycles. The Morgan fingerprint density at radius 3 is 3.00 bits per heavy atom. The Balaban J connectivity index is 1.73. The summed E-state index contributed by atoms with van der Waals surface area (Å²) in [5, 5.41) is 15.6. The fraction of sp³-hybridized carbons (Fsp3) is 0.286. The van der Waals surface area contributed by atoms with Gasteiger partial charge >= 0.3 is 6.03 Å². The van der Waals surface area contributed by atoms with Crippen molar-refractivity contribution in [2.75, 3.05) is 11.9 Å². The van der Waals surface area contributed by atoms with Crippen LogP contribution in [0.4, 0.5) is 19.3 Å². The first-order valence-electron chi connectivity index (χ1n) is 6.86. The van der Waals surface area contributed by atoms with Gasteiger partial charge in [-0.3, -0.25) is 0 Å². The summed E-state index contributed by atoms with van der Waals surface area (Å²) in [5.41, 5.74) is 0.665. The number of hydrogen-bond acceptors (Lipinski definition) is 4. The first-order valence-corrected chi connectivity index (χ1v) is 6.86. The topological polar surface area (TPSA) is 86.8 Å². The normalized spacial score (nSPS) is 16.8. The quantitative estimate of drug-likeness (QED) is 0.938. The van der Waals surface area contributed by atoms with Crippen LogP contribution in [0.2, 0.25) is 0 Å².